The van der Waals surface area contributed by atoms with Crippen LogP contribution in [0.5, 0.6) is 0 Å². The minimum Gasteiger partial charge on any atom is -0.497 e. The molecule has 0 amide bonds. The largest absolute Gasteiger partial charge is 0.497 e. The van der Waals surface area contributed by atoms with E-state index in [0.29, 0.717) is 17.7 Å². The van der Waals surface area contributed by atoms with Crippen molar-refractivity contribution in [1.29, 1.82) is 0 Å². The molecule has 0 N–H and O–H groups in total. The van der Waals surface area contributed by atoms with Gasteiger partial charge in [-0.05, 0) is 42.8 Å². The highest BCUT2D eigenvalue weighted by atomic mass is 16.5. The lowest BCUT2D eigenvalue weighted by Gasteiger charge is -2.23. The molecule has 0 saturated heterocycles. The number of hydrogen-bond donors (Lipinski definition) is 0. The summed E-state index contributed by atoms with van der Waals surface area (Å²) in [5.41, 5.74) is 3.37. The molecule has 1 rings (SSSR count). The first-order chi connectivity index (χ1) is 11.9. The van der Waals surface area contributed by atoms with Crippen LogP contribution in [0.2, 0.25) is 0 Å². The van der Waals surface area contributed by atoms with E-state index in [0.717, 1.165) is 55.2 Å². The summed E-state index contributed by atoms with van der Waals surface area (Å²) in [5, 5.41) is 0. The number of carbonyl (C=O) groups excluding carboxylic acids is 2. The van der Waals surface area contributed by atoms with E-state index in [1.54, 1.807) is 15.0 Å². The third-order valence-corrected chi connectivity index (χ3v) is 4.85. The van der Waals surface area contributed by atoms with Crippen LogP contribution in [0.4, 0.5) is 0 Å². The maximum Gasteiger partial charge on any atom is 0.305 e. The van der Waals surface area contributed by atoms with Crippen molar-refractivity contribution in [2.24, 2.45) is 0 Å². The first-order valence-electron chi connectivity index (χ1n) is 9.19. The molecule has 0 heterocycles. The predicted molar refractivity (Wildman–Crippen MR) is 103 cm³/mol. The zero-order valence-corrected chi connectivity index (χ0v) is 16.2. The van der Waals surface area contributed by atoms with E-state index >= 15 is 0 Å². The Bertz CT molecular complexity index is 572. The summed E-state index contributed by atoms with van der Waals surface area (Å²) in [6, 6.07) is 0. The highest BCUT2D eigenvalue weighted by molar-refractivity contribution is 6.41. The number of Topliss-reactive ketones (excluding diaryl/α,β-unsaturated/α-hetero) is 1. The van der Waals surface area contributed by atoms with Crippen molar-refractivity contribution in [1.82, 2.24) is 0 Å². The topological polar surface area (TPSA) is 52.6 Å². The van der Waals surface area contributed by atoms with Crippen LogP contribution < -0.4 is 0 Å². The molecule has 0 atom stereocenters. The molecule has 1 aliphatic rings. The highest BCUT2D eigenvalue weighted by Crippen LogP contribution is 2.33. The molecule has 0 aromatic rings. The van der Waals surface area contributed by atoms with E-state index < -0.39 is 0 Å². The molecule has 0 saturated carbocycles. The molecule has 0 bridgehead atoms. The lowest BCUT2D eigenvalue weighted by atomic mass is 9.77. The van der Waals surface area contributed by atoms with Gasteiger partial charge < -0.3 is 9.47 Å². The third-order valence-electron chi connectivity index (χ3n) is 4.85. The number of allylic oxidation sites excluding steroid dienone is 3. The number of methoxy groups -OCH3 is 2. The minimum atomic E-state index is -0.120. The van der Waals surface area contributed by atoms with Crippen LogP contribution in [0.15, 0.2) is 34.5 Å². The monoisotopic (exact) mass is 346 g/mol. The quantitative estimate of drug-likeness (QED) is 0.326. The van der Waals surface area contributed by atoms with Gasteiger partial charge in [0.1, 0.15) is 13.6 Å². The van der Waals surface area contributed by atoms with Crippen molar-refractivity contribution >= 4 is 19.6 Å². The Morgan fingerprint density at radius 1 is 1.04 bits per heavy atom. The number of esters is 1. The van der Waals surface area contributed by atoms with Crippen LogP contribution in [0, 0.1) is 0 Å². The Kier molecular flexibility index (Phi) is 9.32. The maximum absolute atomic E-state index is 12.3. The minimum absolute atomic E-state index is 0.0739. The second-order valence-electron chi connectivity index (χ2n) is 6.62. The van der Waals surface area contributed by atoms with Gasteiger partial charge in [-0.15, -0.1) is 0 Å². The van der Waals surface area contributed by atoms with E-state index in [2.05, 4.69) is 11.3 Å². The van der Waals surface area contributed by atoms with Crippen LogP contribution in [-0.4, -0.2) is 33.8 Å². The molecule has 25 heavy (non-hydrogen) atoms. The van der Waals surface area contributed by atoms with E-state index in [-0.39, 0.29) is 11.8 Å². The van der Waals surface area contributed by atoms with Gasteiger partial charge in [-0.3, -0.25) is 9.59 Å². The van der Waals surface area contributed by atoms with Crippen molar-refractivity contribution in [2.45, 2.75) is 64.7 Å². The maximum atomic E-state index is 12.3. The van der Waals surface area contributed by atoms with Gasteiger partial charge in [-0.2, -0.15) is 0 Å². The number of ether oxygens (including phenoxy) is 2. The highest BCUT2D eigenvalue weighted by Gasteiger charge is 2.26. The molecule has 0 aliphatic heterocycles. The first-order valence-corrected chi connectivity index (χ1v) is 9.19. The first kappa shape index (κ1) is 21.3. The van der Waals surface area contributed by atoms with Crippen LogP contribution in [0.25, 0.3) is 0 Å². The summed E-state index contributed by atoms with van der Waals surface area (Å²) in [4.78, 5) is 23.3. The summed E-state index contributed by atoms with van der Waals surface area (Å²) in [5.74, 6) is 0.590. The molecule has 0 fully saturated rings. The fourth-order valence-electron chi connectivity index (χ4n) is 3.28. The Labute approximate surface area is 152 Å². The number of unbranched alkanes of at least 4 members (excludes halogenated alkanes) is 6. The number of rotatable bonds is 11. The van der Waals surface area contributed by atoms with Gasteiger partial charge in [0.25, 0.3) is 0 Å². The molecule has 138 valence electrons. The van der Waals surface area contributed by atoms with Gasteiger partial charge in [-0.25, -0.2) is 0 Å². The van der Waals surface area contributed by atoms with E-state index in [1.165, 1.54) is 20.0 Å². The second-order valence-corrected chi connectivity index (χ2v) is 6.62. The normalized spacial score (nSPS) is 15.0. The summed E-state index contributed by atoms with van der Waals surface area (Å²) in [7, 11) is 4.82. The number of hydrogen-bond acceptors (Lipinski definition) is 4. The van der Waals surface area contributed by atoms with Gasteiger partial charge in [0.15, 0.2) is 5.78 Å². The summed E-state index contributed by atoms with van der Waals surface area (Å²) < 4.78 is 9.99. The Morgan fingerprint density at radius 3 is 2.16 bits per heavy atom. The molecule has 1 aliphatic carbocycles. The number of ketones is 1. The Morgan fingerprint density at radius 2 is 1.60 bits per heavy atom. The van der Waals surface area contributed by atoms with E-state index in [4.69, 9.17) is 4.74 Å². The summed E-state index contributed by atoms with van der Waals surface area (Å²) in [6.45, 7) is 6.01. The molecule has 0 unspecified atom stereocenters. The molecular formula is C20H31BO4. The van der Waals surface area contributed by atoms with Gasteiger partial charge in [0, 0.05) is 12.0 Å². The van der Waals surface area contributed by atoms with Crippen LogP contribution >= 0.6 is 0 Å². The zero-order valence-electron chi connectivity index (χ0n) is 16.2. The fourth-order valence-corrected chi connectivity index (χ4v) is 3.28. The number of carbonyl (C=O) groups is 2. The van der Waals surface area contributed by atoms with Crippen molar-refractivity contribution in [3.8, 4) is 0 Å². The standard InChI is InChI=1S/C20H31BO4/c1-14-16(15(2)20(25-4)18(21)19(14)23)12-10-8-6-5-7-9-11-13-17(22)24-3/h2,5-13,21H2,1,3-4H3. The van der Waals surface area contributed by atoms with Crippen LogP contribution in [0.3, 0.4) is 0 Å². The SMILES string of the molecule is BC1=C(OC)C(=C)C(CCCCCCCCCC(=O)OC)=C(C)C1=O. The van der Waals surface area contributed by atoms with Crippen molar-refractivity contribution in [2.75, 3.05) is 14.2 Å². The Balaban J connectivity index is 2.27. The van der Waals surface area contributed by atoms with Crippen LogP contribution in [-0.2, 0) is 19.1 Å². The third kappa shape index (κ3) is 6.22. The van der Waals surface area contributed by atoms with Gasteiger partial charge in [-0.1, -0.05) is 38.7 Å². The molecular weight excluding hydrogens is 315 g/mol. The molecule has 0 aromatic heterocycles. The van der Waals surface area contributed by atoms with E-state index in [1.807, 2.05) is 6.92 Å². The molecule has 4 nitrogen and oxygen atoms in total. The molecule has 5 heteroatoms. The zero-order chi connectivity index (χ0) is 18.8. The van der Waals surface area contributed by atoms with Gasteiger partial charge >= 0.3 is 5.97 Å². The van der Waals surface area contributed by atoms with Crippen molar-refractivity contribution in [3.63, 3.8) is 0 Å². The predicted octanol–water partition coefficient (Wildman–Crippen LogP) is 3.62. The lowest BCUT2D eigenvalue weighted by Crippen LogP contribution is -2.18. The smallest absolute Gasteiger partial charge is 0.305 e. The Hall–Kier alpha value is -1.78. The van der Waals surface area contributed by atoms with Gasteiger partial charge in [0.05, 0.1) is 14.2 Å². The van der Waals surface area contributed by atoms with Crippen molar-refractivity contribution < 1.29 is 19.1 Å². The molecule has 0 aromatic carbocycles. The molecule has 0 radical (unpaired) electrons. The average Bonchev–Trinajstić information content (AvgIpc) is 2.61. The van der Waals surface area contributed by atoms with Gasteiger partial charge in [0.2, 0.25) is 0 Å². The lowest BCUT2D eigenvalue weighted by molar-refractivity contribution is -0.140. The fraction of sp³-hybridized carbons (Fsp3) is 0.600. The summed E-state index contributed by atoms with van der Waals surface area (Å²) in [6.07, 6.45) is 9.08. The van der Waals surface area contributed by atoms with Crippen LogP contribution in [0.1, 0.15) is 64.7 Å². The summed E-state index contributed by atoms with van der Waals surface area (Å²) >= 11 is 0. The molecule has 0 spiro atoms. The second kappa shape index (κ2) is 11.0. The van der Waals surface area contributed by atoms with E-state index in [9.17, 15) is 9.59 Å². The average molecular weight is 346 g/mol. The van der Waals surface area contributed by atoms with Crippen molar-refractivity contribution in [3.05, 3.63) is 34.5 Å².